The van der Waals surface area contributed by atoms with Crippen molar-refractivity contribution in [2.45, 2.75) is 38.1 Å². The topological polar surface area (TPSA) is 98.0 Å². The molecule has 0 saturated carbocycles. The van der Waals surface area contributed by atoms with Gasteiger partial charge >= 0.3 is 11.9 Å². The van der Waals surface area contributed by atoms with E-state index in [0.29, 0.717) is 13.2 Å². The van der Waals surface area contributed by atoms with E-state index in [1.54, 1.807) is 10.8 Å². The Morgan fingerprint density at radius 1 is 0.850 bits per heavy atom. The van der Waals surface area contributed by atoms with E-state index in [4.69, 9.17) is 14.6 Å². The molecule has 0 fully saturated rings. The van der Waals surface area contributed by atoms with Crippen LogP contribution in [0, 0.1) is 13.8 Å². The Morgan fingerprint density at radius 2 is 1.52 bits per heavy atom. The van der Waals surface area contributed by atoms with Crippen molar-refractivity contribution in [3.63, 3.8) is 0 Å². The molecule has 0 aliphatic carbocycles. The molecule has 0 aliphatic rings. The second kappa shape index (κ2) is 13.8. The second-order valence-corrected chi connectivity index (χ2v) is 10.5. The Bertz CT molecular complexity index is 1490. The molecule has 7 nitrogen and oxygen atoms in total. The van der Waals surface area contributed by atoms with Gasteiger partial charge in [0.2, 0.25) is 0 Å². The lowest BCUT2D eigenvalue weighted by Gasteiger charge is -2.12. The Morgan fingerprint density at radius 3 is 2.20 bits per heavy atom. The predicted molar refractivity (Wildman–Crippen MR) is 159 cm³/mol. The van der Waals surface area contributed by atoms with Crippen molar-refractivity contribution >= 4 is 46.8 Å². The van der Waals surface area contributed by atoms with E-state index >= 15 is 0 Å². The molecule has 1 heterocycles. The fraction of sp³-hybridized carbons (Fsp3) is 0.250. The second-order valence-electron chi connectivity index (χ2n) is 9.47. The number of unbranched alkanes of at least 4 members (excludes halogenated alkanes) is 1. The Kier molecular flexibility index (Phi) is 9.91. The van der Waals surface area contributed by atoms with Gasteiger partial charge < -0.3 is 24.3 Å². The quantitative estimate of drug-likeness (QED) is 0.0982. The number of carboxylic acids is 2. The first kappa shape index (κ1) is 28.8. The number of aromatic nitrogens is 1. The molecule has 8 heteroatoms. The summed E-state index contributed by atoms with van der Waals surface area (Å²) in [6.45, 7) is 5.17. The monoisotopic (exact) mass is 559 g/mol. The van der Waals surface area contributed by atoms with Gasteiger partial charge in [-0.05, 0) is 61.1 Å². The summed E-state index contributed by atoms with van der Waals surface area (Å²) < 4.78 is 13.5. The molecule has 0 atom stereocenters. The van der Waals surface area contributed by atoms with Crippen LogP contribution in [0.1, 0.15) is 35.1 Å². The van der Waals surface area contributed by atoms with Crippen LogP contribution in [-0.4, -0.2) is 45.7 Å². The van der Waals surface area contributed by atoms with Gasteiger partial charge in [-0.2, -0.15) is 0 Å². The third-order valence-corrected chi connectivity index (χ3v) is 7.38. The van der Waals surface area contributed by atoms with Crippen LogP contribution in [0.5, 0.6) is 11.5 Å². The molecule has 4 aromatic rings. The van der Waals surface area contributed by atoms with Gasteiger partial charge in [0.15, 0.2) is 0 Å². The summed E-state index contributed by atoms with van der Waals surface area (Å²) in [5.74, 6) is -0.215. The molecule has 2 N–H and O–H groups in total. The van der Waals surface area contributed by atoms with Crippen LogP contribution < -0.4 is 9.47 Å². The minimum absolute atomic E-state index is 0.0957. The smallest absolute Gasteiger partial charge is 0.323 e. The Labute approximate surface area is 238 Å². The largest absolute Gasteiger partial charge is 0.494 e. The van der Waals surface area contributed by atoms with E-state index in [1.807, 2.05) is 60.7 Å². The number of nitrogens with zero attached hydrogens (tertiary/aromatic N) is 1. The molecule has 4 rings (SSSR count). The third-order valence-electron chi connectivity index (χ3n) is 6.35. The van der Waals surface area contributed by atoms with E-state index in [1.165, 1.54) is 11.8 Å². The molecule has 0 spiro atoms. The molecule has 0 aliphatic heterocycles. The van der Waals surface area contributed by atoms with Crippen LogP contribution in [0.25, 0.3) is 23.1 Å². The van der Waals surface area contributed by atoms with E-state index in [2.05, 4.69) is 26.0 Å². The highest BCUT2D eigenvalue weighted by molar-refractivity contribution is 8.00. The standard InChI is InChI=1S/C32H33NO6S/c1-22-7-5-8-23(2)32(22)39-18-4-3-17-38-26-15-12-24(13-16-26)11-14-25-9-6-10-27-28(40-21-30(36)37)19-33(31(25)27)20-29(34)35/h5-16,19H,3-4,17-18,20-21H2,1-2H3,(H,34,35)(H,36,37). The van der Waals surface area contributed by atoms with Gasteiger partial charge in [0.05, 0.1) is 24.5 Å². The first-order valence-corrected chi connectivity index (χ1v) is 14.1. The lowest BCUT2D eigenvalue weighted by Crippen LogP contribution is -2.07. The normalized spacial score (nSPS) is 11.2. The number of benzene rings is 3. The maximum Gasteiger partial charge on any atom is 0.323 e. The summed E-state index contributed by atoms with van der Waals surface area (Å²) in [7, 11) is 0. The highest BCUT2D eigenvalue weighted by Crippen LogP contribution is 2.33. The van der Waals surface area contributed by atoms with Crippen molar-refractivity contribution in [3.05, 3.63) is 89.1 Å². The van der Waals surface area contributed by atoms with Crippen LogP contribution >= 0.6 is 11.8 Å². The maximum absolute atomic E-state index is 11.5. The Balaban J connectivity index is 1.34. The van der Waals surface area contributed by atoms with Gasteiger partial charge in [-0.15, -0.1) is 11.8 Å². The van der Waals surface area contributed by atoms with E-state index in [9.17, 15) is 14.7 Å². The van der Waals surface area contributed by atoms with E-state index in [0.717, 1.165) is 62.4 Å². The number of carbonyl (C=O) groups is 2. The summed E-state index contributed by atoms with van der Waals surface area (Å²) in [4.78, 5) is 23.3. The van der Waals surface area contributed by atoms with Crippen molar-refractivity contribution in [1.82, 2.24) is 4.57 Å². The molecule has 40 heavy (non-hydrogen) atoms. The lowest BCUT2D eigenvalue weighted by atomic mass is 10.1. The highest BCUT2D eigenvalue weighted by Gasteiger charge is 2.14. The molecular weight excluding hydrogens is 526 g/mol. The van der Waals surface area contributed by atoms with Crippen LogP contribution in [0.4, 0.5) is 0 Å². The number of hydrogen-bond donors (Lipinski definition) is 2. The first-order chi connectivity index (χ1) is 19.3. The lowest BCUT2D eigenvalue weighted by molar-refractivity contribution is -0.137. The van der Waals surface area contributed by atoms with Crippen LogP contribution in [0.2, 0.25) is 0 Å². The highest BCUT2D eigenvalue weighted by atomic mass is 32.2. The van der Waals surface area contributed by atoms with Gasteiger partial charge in [0.1, 0.15) is 18.0 Å². The van der Waals surface area contributed by atoms with Crippen molar-refractivity contribution in [3.8, 4) is 11.5 Å². The third kappa shape index (κ3) is 7.70. The zero-order valence-electron chi connectivity index (χ0n) is 22.6. The van der Waals surface area contributed by atoms with E-state index in [-0.39, 0.29) is 12.3 Å². The van der Waals surface area contributed by atoms with Crippen LogP contribution in [-0.2, 0) is 16.1 Å². The van der Waals surface area contributed by atoms with Gasteiger partial charge in [-0.25, -0.2) is 0 Å². The minimum atomic E-state index is -0.963. The number of aliphatic carboxylic acids is 2. The molecule has 1 aromatic heterocycles. The predicted octanol–water partition coefficient (Wildman–Crippen LogP) is 6.93. The molecule has 0 radical (unpaired) electrons. The summed E-state index contributed by atoms with van der Waals surface area (Å²) in [6.07, 6.45) is 7.41. The van der Waals surface area contributed by atoms with Crippen molar-refractivity contribution in [2.75, 3.05) is 19.0 Å². The summed E-state index contributed by atoms with van der Waals surface area (Å²) in [5.41, 5.74) is 4.88. The molecule has 0 unspecified atom stereocenters. The molecule has 0 amide bonds. The van der Waals surface area contributed by atoms with Gasteiger partial charge in [-0.1, -0.05) is 60.7 Å². The van der Waals surface area contributed by atoms with Crippen LogP contribution in [0.3, 0.4) is 0 Å². The van der Waals surface area contributed by atoms with Crippen molar-refractivity contribution in [1.29, 1.82) is 0 Å². The zero-order valence-corrected chi connectivity index (χ0v) is 23.4. The number of aryl methyl sites for hydroxylation is 2. The average Bonchev–Trinajstić information content (AvgIpc) is 3.27. The van der Waals surface area contributed by atoms with Crippen molar-refractivity contribution in [2.24, 2.45) is 0 Å². The summed E-state index contributed by atoms with van der Waals surface area (Å²) in [6, 6.07) is 19.7. The van der Waals surface area contributed by atoms with Gasteiger partial charge in [0, 0.05) is 16.5 Å². The molecule has 0 bridgehead atoms. The SMILES string of the molecule is Cc1cccc(C)c1OCCCCOc1ccc(C=Cc2cccc3c(SCC(=O)O)cn(CC(=O)O)c23)cc1. The zero-order chi connectivity index (χ0) is 28.5. The van der Waals surface area contributed by atoms with Gasteiger partial charge in [0.25, 0.3) is 0 Å². The summed E-state index contributed by atoms with van der Waals surface area (Å²) >= 11 is 1.18. The molecule has 208 valence electrons. The van der Waals surface area contributed by atoms with Crippen molar-refractivity contribution < 1.29 is 29.3 Å². The number of fused-ring (bicyclic) bond motifs is 1. The van der Waals surface area contributed by atoms with Crippen LogP contribution in [0.15, 0.2) is 71.8 Å². The fourth-order valence-electron chi connectivity index (χ4n) is 4.47. The number of rotatable bonds is 14. The number of carboxylic acid groups (broad SMARTS) is 2. The molecule has 0 saturated heterocycles. The first-order valence-electron chi connectivity index (χ1n) is 13.1. The minimum Gasteiger partial charge on any atom is -0.494 e. The van der Waals surface area contributed by atoms with E-state index < -0.39 is 11.9 Å². The number of hydrogen-bond acceptors (Lipinski definition) is 5. The maximum atomic E-state index is 11.5. The number of para-hydroxylation sites is 2. The fourth-order valence-corrected chi connectivity index (χ4v) is 5.27. The molecular formula is C32H33NO6S. The Hall–Kier alpha value is -4.17. The number of ether oxygens (including phenoxy) is 2. The average molecular weight is 560 g/mol. The summed E-state index contributed by atoms with van der Waals surface area (Å²) in [5, 5.41) is 19.3. The number of thioether (sulfide) groups is 1. The molecule has 3 aromatic carbocycles. The van der Waals surface area contributed by atoms with Gasteiger partial charge in [-0.3, -0.25) is 9.59 Å².